The average Bonchev–Trinajstić information content (AvgIpc) is 2.79. The van der Waals surface area contributed by atoms with Gasteiger partial charge >= 0.3 is 0 Å². The number of halogens is 1. The molecule has 0 saturated heterocycles. The number of nitrogens with one attached hydrogen (secondary N) is 3. The van der Waals surface area contributed by atoms with Crippen LogP contribution in [0.5, 0.6) is 0 Å². The van der Waals surface area contributed by atoms with Crippen LogP contribution in [0.1, 0.15) is 20.7 Å². The Morgan fingerprint density at radius 1 is 0.812 bits per heavy atom. The molecule has 0 bridgehead atoms. The molecular formula is C24H23ClN4O3. The Bertz CT molecular complexity index is 1110. The van der Waals surface area contributed by atoms with Crippen molar-refractivity contribution < 1.29 is 14.4 Å². The van der Waals surface area contributed by atoms with Gasteiger partial charge in [-0.05, 0) is 60.7 Å². The van der Waals surface area contributed by atoms with Gasteiger partial charge in [0, 0.05) is 41.7 Å². The summed E-state index contributed by atoms with van der Waals surface area (Å²) in [6.07, 6.45) is 0. The Morgan fingerprint density at radius 3 is 2.06 bits per heavy atom. The maximum atomic E-state index is 12.7. The summed E-state index contributed by atoms with van der Waals surface area (Å²) in [6, 6.07) is 20.4. The largest absolute Gasteiger partial charge is 0.376 e. The summed E-state index contributed by atoms with van der Waals surface area (Å²) in [5.74, 6) is -0.709. The highest BCUT2D eigenvalue weighted by Crippen LogP contribution is 2.19. The predicted molar refractivity (Wildman–Crippen MR) is 127 cm³/mol. The molecule has 3 rings (SSSR count). The Balaban J connectivity index is 1.59. The lowest BCUT2D eigenvalue weighted by atomic mass is 10.1. The number of anilines is 3. The first-order chi connectivity index (χ1) is 15.3. The molecule has 0 saturated carbocycles. The van der Waals surface area contributed by atoms with Gasteiger partial charge in [0.2, 0.25) is 5.91 Å². The Kier molecular flexibility index (Phi) is 7.46. The first kappa shape index (κ1) is 22.8. The lowest BCUT2D eigenvalue weighted by molar-refractivity contribution is -0.114. The van der Waals surface area contributed by atoms with E-state index < -0.39 is 0 Å². The van der Waals surface area contributed by atoms with Gasteiger partial charge in [-0.15, -0.1) is 0 Å². The molecule has 3 N–H and O–H groups in total. The van der Waals surface area contributed by atoms with E-state index in [4.69, 9.17) is 11.6 Å². The van der Waals surface area contributed by atoms with Gasteiger partial charge in [-0.1, -0.05) is 23.7 Å². The predicted octanol–water partition coefficient (Wildman–Crippen LogP) is 4.34. The zero-order valence-electron chi connectivity index (χ0n) is 17.7. The molecule has 7 nitrogen and oxygen atoms in total. The second-order valence-corrected chi connectivity index (χ2v) is 7.62. The van der Waals surface area contributed by atoms with Crippen LogP contribution in [0, 0.1) is 0 Å². The van der Waals surface area contributed by atoms with Gasteiger partial charge in [0.05, 0.1) is 12.1 Å². The molecule has 0 spiro atoms. The number of hydrogen-bond donors (Lipinski definition) is 3. The number of carbonyl (C=O) groups excluding carboxylic acids is 3. The zero-order valence-corrected chi connectivity index (χ0v) is 18.4. The first-order valence-electron chi connectivity index (χ1n) is 9.85. The molecule has 0 heterocycles. The highest BCUT2D eigenvalue weighted by atomic mass is 35.5. The number of amides is 3. The number of benzene rings is 3. The molecule has 0 radical (unpaired) electrons. The van der Waals surface area contributed by atoms with Crippen LogP contribution in [0.3, 0.4) is 0 Å². The number of rotatable bonds is 7. The van der Waals surface area contributed by atoms with E-state index in [-0.39, 0.29) is 24.3 Å². The fraction of sp³-hybridized carbons (Fsp3) is 0.125. The van der Waals surface area contributed by atoms with Gasteiger partial charge in [0.15, 0.2) is 0 Å². The molecule has 0 aliphatic heterocycles. The van der Waals surface area contributed by atoms with Crippen molar-refractivity contribution in [2.24, 2.45) is 0 Å². The third-order valence-electron chi connectivity index (χ3n) is 4.53. The summed E-state index contributed by atoms with van der Waals surface area (Å²) >= 11 is 5.88. The number of hydrogen-bond acceptors (Lipinski definition) is 4. The minimum atomic E-state index is -0.308. The maximum absolute atomic E-state index is 12.7. The van der Waals surface area contributed by atoms with Crippen LogP contribution in [0.25, 0.3) is 0 Å². The van der Waals surface area contributed by atoms with Crippen LogP contribution in [-0.4, -0.2) is 43.3 Å². The van der Waals surface area contributed by atoms with Crippen molar-refractivity contribution in [1.29, 1.82) is 0 Å². The van der Waals surface area contributed by atoms with Gasteiger partial charge in [0.25, 0.3) is 11.8 Å². The highest BCUT2D eigenvalue weighted by molar-refractivity contribution is 6.30. The summed E-state index contributed by atoms with van der Waals surface area (Å²) in [7, 11) is 3.36. The van der Waals surface area contributed by atoms with Crippen molar-refractivity contribution in [2.75, 3.05) is 36.6 Å². The minimum Gasteiger partial charge on any atom is -0.376 e. The third-order valence-corrected chi connectivity index (χ3v) is 4.79. The van der Waals surface area contributed by atoms with Crippen molar-refractivity contribution >= 4 is 46.4 Å². The average molecular weight is 451 g/mol. The second kappa shape index (κ2) is 10.5. The summed E-state index contributed by atoms with van der Waals surface area (Å²) in [6.45, 7) is -0.0381. The number of nitrogens with zero attached hydrogens (tertiary/aromatic N) is 1. The van der Waals surface area contributed by atoms with E-state index in [2.05, 4.69) is 16.0 Å². The van der Waals surface area contributed by atoms with Crippen LogP contribution < -0.4 is 16.0 Å². The van der Waals surface area contributed by atoms with E-state index in [1.807, 2.05) is 0 Å². The van der Waals surface area contributed by atoms with Gasteiger partial charge in [0.1, 0.15) is 0 Å². The third kappa shape index (κ3) is 6.09. The molecular weight excluding hydrogens is 428 g/mol. The number of carbonyl (C=O) groups is 3. The van der Waals surface area contributed by atoms with Crippen molar-refractivity contribution in [3.8, 4) is 0 Å². The summed E-state index contributed by atoms with van der Waals surface area (Å²) in [5.41, 5.74) is 2.65. The Morgan fingerprint density at radius 2 is 1.41 bits per heavy atom. The molecule has 3 amide bonds. The lowest BCUT2D eigenvalue weighted by Crippen LogP contribution is -2.24. The Hall–Kier alpha value is -3.84. The van der Waals surface area contributed by atoms with Crippen LogP contribution in [0.4, 0.5) is 17.1 Å². The molecule has 164 valence electrons. The molecule has 0 aromatic heterocycles. The van der Waals surface area contributed by atoms with Crippen molar-refractivity contribution in [2.45, 2.75) is 0 Å². The van der Waals surface area contributed by atoms with Crippen molar-refractivity contribution in [1.82, 2.24) is 4.90 Å². The topological polar surface area (TPSA) is 90.5 Å². The van der Waals surface area contributed by atoms with Crippen LogP contribution in [0.15, 0.2) is 72.8 Å². The molecule has 0 atom stereocenters. The van der Waals surface area contributed by atoms with E-state index in [9.17, 15) is 14.4 Å². The SMILES string of the molecule is CN(C)C(=O)c1ccc(NC(=O)CNc2ccccc2C(=O)Nc2ccc(Cl)cc2)cc1. The summed E-state index contributed by atoms with van der Waals surface area (Å²) in [4.78, 5) is 38.5. The van der Waals surface area contributed by atoms with Crippen LogP contribution in [-0.2, 0) is 4.79 Å². The van der Waals surface area contributed by atoms with Gasteiger partial charge in [-0.3, -0.25) is 14.4 Å². The molecule has 3 aromatic carbocycles. The normalized spacial score (nSPS) is 10.2. The van der Waals surface area contributed by atoms with E-state index in [0.29, 0.717) is 33.2 Å². The second-order valence-electron chi connectivity index (χ2n) is 7.19. The zero-order chi connectivity index (χ0) is 23.1. The van der Waals surface area contributed by atoms with E-state index in [0.717, 1.165) is 0 Å². The Labute approximate surface area is 191 Å². The van der Waals surface area contributed by atoms with Crippen LogP contribution in [0.2, 0.25) is 5.02 Å². The minimum absolute atomic E-state index is 0.0381. The van der Waals surface area contributed by atoms with E-state index >= 15 is 0 Å². The van der Waals surface area contributed by atoms with Crippen molar-refractivity contribution in [3.05, 3.63) is 88.9 Å². The van der Waals surface area contributed by atoms with E-state index in [1.54, 1.807) is 86.9 Å². The molecule has 8 heteroatoms. The van der Waals surface area contributed by atoms with Crippen LogP contribution >= 0.6 is 11.6 Å². The molecule has 32 heavy (non-hydrogen) atoms. The number of para-hydroxylation sites is 1. The maximum Gasteiger partial charge on any atom is 0.257 e. The monoisotopic (exact) mass is 450 g/mol. The standard InChI is InChI=1S/C24H23ClN4O3/c1-29(2)24(32)16-7-11-18(12-8-16)27-22(30)15-26-21-6-4-3-5-20(21)23(31)28-19-13-9-17(25)10-14-19/h3-14,26H,15H2,1-2H3,(H,27,30)(H,28,31). The highest BCUT2D eigenvalue weighted by Gasteiger charge is 2.13. The van der Waals surface area contributed by atoms with Crippen molar-refractivity contribution in [3.63, 3.8) is 0 Å². The smallest absolute Gasteiger partial charge is 0.257 e. The molecule has 0 unspecified atom stereocenters. The lowest BCUT2D eigenvalue weighted by Gasteiger charge is -2.13. The fourth-order valence-corrected chi connectivity index (χ4v) is 3.03. The quantitative estimate of drug-likeness (QED) is 0.499. The van der Waals surface area contributed by atoms with Gasteiger partial charge < -0.3 is 20.9 Å². The molecule has 0 aliphatic rings. The molecule has 3 aromatic rings. The van der Waals surface area contributed by atoms with Gasteiger partial charge in [-0.25, -0.2) is 0 Å². The molecule has 0 fully saturated rings. The summed E-state index contributed by atoms with van der Waals surface area (Å²) in [5, 5.41) is 9.15. The fourth-order valence-electron chi connectivity index (χ4n) is 2.90. The molecule has 0 aliphatic carbocycles. The van der Waals surface area contributed by atoms with Gasteiger partial charge in [-0.2, -0.15) is 0 Å². The summed E-state index contributed by atoms with van der Waals surface area (Å²) < 4.78 is 0. The first-order valence-corrected chi connectivity index (χ1v) is 10.2. The van der Waals surface area contributed by atoms with E-state index in [1.165, 1.54) is 4.90 Å².